The lowest BCUT2D eigenvalue weighted by molar-refractivity contribution is 0.0892. The van der Waals surface area contributed by atoms with Gasteiger partial charge in [-0.2, -0.15) is 0 Å². The van der Waals surface area contributed by atoms with Crippen LogP contribution >= 0.6 is 15.9 Å². The van der Waals surface area contributed by atoms with E-state index in [1.165, 1.54) is 38.2 Å². The minimum Gasteiger partial charge on any atom is -0.387 e. The molecular weight excluding hydrogens is 321 g/mol. The van der Waals surface area contributed by atoms with Gasteiger partial charge in [-0.1, -0.05) is 18.9 Å². The maximum atomic E-state index is 13.2. The lowest BCUT2D eigenvalue weighted by atomic mass is 9.85. The van der Waals surface area contributed by atoms with Crippen LogP contribution in [0.4, 0.5) is 4.39 Å². The first kappa shape index (κ1) is 14.5. The summed E-state index contributed by atoms with van der Waals surface area (Å²) in [5.41, 5.74) is 0.789. The number of rotatable bonds is 3. The summed E-state index contributed by atoms with van der Waals surface area (Å²) in [5.74, 6) is 0.547. The van der Waals surface area contributed by atoms with Gasteiger partial charge in [-0.3, -0.25) is 4.90 Å². The smallest absolute Gasteiger partial charge is 0.137 e. The van der Waals surface area contributed by atoms with Gasteiger partial charge in [0.2, 0.25) is 0 Å². The Morgan fingerprint density at radius 2 is 2.10 bits per heavy atom. The van der Waals surface area contributed by atoms with Gasteiger partial charge in [-0.15, -0.1) is 0 Å². The van der Waals surface area contributed by atoms with Gasteiger partial charge in [0.05, 0.1) is 10.6 Å². The summed E-state index contributed by atoms with van der Waals surface area (Å²) in [5, 5.41) is 10.4. The summed E-state index contributed by atoms with van der Waals surface area (Å²) in [4.78, 5) is 2.44. The average Bonchev–Trinajstić information content (AvgIpc) is 2.85. The van der Waals surface area contributed by atoms with Crippen LogP contribution in [0.3, 0.4) is 0 Å². The Morgan fingerprint density at radius 1 is 1.30 bits per heavy atom. The van der Waals surface area contributed by atoms with E-state index in [2.05, 4.69) is 20.8 Å². The fraction of sp³-hybridized carbons (Fsp3) is 0.625. The van der Waals surface area contributed by atoms with Crippen LogP contribution in [-0.4, -0.2) is 29.1 Å². The lowest BCUT2D eigenvalue weighted by Gasteiger charge is -2.32. The first-order chi connectivity index (χ1) is 9.65. The van der Waals surface area contributed by atoms with Gasteiger partial charge in [0, 0.05) is 12.6 Å². The van der Waals surface area contributed by atoms with E-state index >= 15 is 0 Å². The monoisotopic (exact) mass is 341 g/mol. The van der Waals surface area contributed by atoms with Gasteiger partial charge < -0.3 is 5.11 Å². The molecule has 3 unspecified atom stereocenters. The minimum atomic E-state index is -0.535. The molecule has 3 rings (SSSR count). The molecule has 1 aliphatic heterocycles. The summed E-state index contributed by atoms with van der Waals surface area (Å²) < 4.78 is 13.7. The molecule has 20 heavy (non-hydrogen) atoms. The normalized spacial score (nSPS) is 28.4. The highest BCUT2D eigenvalue weighted by atomic mass is 79.9. The van der Waals surface area contributed by atoms with Crippen molar-refractivity contribution in [2.75, 3.05) is 13.1 Å². The van der Waals surface area contributed by atoms with Crippen LogP contribution in [0.2, 0.25) is 0 Å². The molecule has 0 radical (unpaired) electrons. The molecule has 3 atom stereocenters. The highest BCUT2D eigenvalue weighted by Gasteiger charge is 2.36. The third-order valence-electron chi connectivity index (χ3n) is 4.86. The second-order valence-electron chi connectivity index (χ2n) is 6.08. The zero-order valence-corrected chi connectivity index (χ0v) is 13.2. The summed E-state index contributed by atoms with van der Waals surface area (Å²) in [6.07, 6.45) is 6.03. The predicted octanol–water partition coefficient (Wildman–Crippen LogP) is 3.89. The van der Waals surface area contributed by atoms with E-state index in [0.717, 1.165) is 18.0 Å². The number of likely N-dealkylation sites (tertiary alicyclic amines) is 1. The van der Waals surface area contributed by atoms with Crippen molar-refractivity contribution in [1.82, 2.24) is 4.90 Å². The molecule has 0 spiro atoms. The number of halogens is 2. The molecule has 1 heterocycles. The molecule has 1 aromatic rings. The Labute approximate surface area is 128 Å². The SMILES string of the molecule is OC(CN1CCC2CCCCC21)c1ccc(F)c(Br)c1. The summed E-state index contributed by atoms with van der Waals surface area (Å²) in [6, 6.07) is 5.44. The molecule has 2 nitrogen and oxygen atoms in total. The van der Waals surface area contributed by atoms with Crippen LogP contribution in [0.25, 0.3) is 0 Å². The van der Waals surface area contributed by atoms with E-state index in [9.17, 15) is 9.50 Å². The van der Waals surface area contributed by atoms with E-state index in [1.807, 2.05) is 0 Å². The zero-order chi connectivity index (χ0) is 14.1. The van der Waals surface area contributed by atoms with Crippen molar-refractivity contribution < 1.29 is 9.50 Å². The van der Waals surface area contributed by atoms with Gasteiger partial charge in [0.1, 0.15) is 5.82 Å². The molecule has 2 aliphatic rings. The Hall–Kier alpha value is -0.450. The number of hydrogen-bond donors (Lipinski definition) is 1. The maximum absolute atomic E-state index is 13.2. The van der Waals surface area contributed by atoms with Crippen LogP contribution < -0.4 is 0 Å². The molecule has 110 valence electrons. The number of β-amino-alcohol motifs (C(OH)–C–C–N with tert-alkyl or cyclic N) is 1. The van der Waals surface area contributed by atoms with E-state index in [1.54, 1.807) is 12.1 Å². The molecule has 1 aromatic carbocycles. The van der Waals surface area contributed by atoms with Gasteiger partial charge in [-0.05, 0) is 65.4 Å². The van der Waals surface area contributed by atoms with Crippen molar-refractivity contribution >= 4 is 15.9 Å². The van der Waals surface area contributed by atoms with Crippen LogP contribution in [0.1, 0.15) is 43.8 Å². The molecule has 0 aromatic heterocycles. The second kappa shape index (κ2) is 6.12. The Kier molecular flexibility index (Phi) is 4.43. The minimum absolute atomic E-state index is 0.283. The largest absolute Gasteiger partial charge is 0.387 e. The Bertz CT molecular complexity index is 482. The van der Waals surface area contributed by atoms with Gasteiger partial charge >= 0.3 is 0 Å². The number of fused-ring (bicyclic) bond motifs is 1. The summed E-state index contributed by atoms with van der Waals surface area (Å²) >= 11 is 3.18. The molecule has 1 saturated carbocycles. The van der Waals surface area contributed by atoms with Crippen LogP contribution in [0.15, 0.2) is 22.7 Å². The molecule has 0 amide bonds. The van der Waals surface area contributed by atoms with E-state index < -0.39 is 6.10 Å². The number of benzene rings is 1. The van der Waals surface area contributed by atoms with Crippen LogP contribution in [-0.2, 0) is 0 Å². The van der Waals surface area contributed by atoms with Crippen molar-refractivity contribution in [3.05, 3.63) is 34.1 Å². The van der Waals surface area contributed by atoms with E-state index in [0.29, 0.717) is 17.1 Å². The highest BCUT2D eigenvalue weighted by molar-refractivity contribution is 9.10. The second-order valence-corrected chi connectivity index (χ2v) is 6.94. The van der Waals surface area contributed by atoms with Crippen molar-refractivity contribution in [2.24, 2.45) is 5.92 Å². The van der Waals surface area contributed by atoms with Crippen molar-refractivity contribution in [1.29, 1.82) is 0 Å². The van der Waals surface area contributed by atoms with E-state index in [-0.39, 0.29) is 5.82 Å². The molecule has 2 fully saturated rings. The lowest BCUT2D eigenvalue weighted by Crippen LogP contribution is -2.37. The highest BCUT2D eigenvalue weighted by Crippen LogP contribution is 2.37. The molecule has 1 aliphatic carbocycles. The summed E-state index contributed by atoms with van der Waals surface area (Å²) in [6.45, 7) is 1.76. The molecule has 4 heteroatoms. The van der Waals surface area contributed by atoms with Gasteiger partial charge in [-0.25, -0.2) is 4.39 Å². The summed E-state index contributed by atoms with van der Waals surface area (Å²) in [7, 11) is 0. The van der Waals surface area contributed by atoms with E-state index in [4.69, 9.17) is 0 Å². The topological polar surface area (TPSA) is 23.5 Å². The third-order valence-corrected chi connectivity index (χ3v) is 5.47. The van der Waals surface area contributed by atoms with Gasteiger partial charge in [0.15, 0.2) is 0 Å². The zero-order valence-electron chi connectivity index (χ0n) is 11.6. The van der Waals surface area contributed by atoms with Gasteiger partial charge in [0.25, 0.3) is 0 Å². The fourth-order valence-electron chi connectivity index (χ4n) is 3.78. The maximum Gasteiger partial charge on any atom is 0.137 e. The quantitative estimate of drug-likeness (QED) is 0.901. The molecule has 0 bridgehead atoms. The van der Waals surface area contributed by atoms with Crippen molar-refractivity contribution in [2.45, 2.75) is 44.2 Å². The van der Waals surface area contributed by atoms with Crippen molar-refractivity contribution in [3.8, 4) is 0 Å². The fourth-order valence-corrected chi connectivity index (χ4v) is 4.17. The Balaban J connectivity index is 1.66. The first-order valence-corrected chi connectivity index (χ1v) is 8.31. The van der Waals surface area contributed by atoms with Crippen LogP contribution in [0.5, 0.6) is 0 Å². The number of nitrogens with zero attached hydrogens (tertiary/aromatic N) is 1. The molecule has 1 saturated heterocycles. The molecular formula is C16H21BrFNO. The number of aliphatic hydroxyl groups is 1. The standard InChI is InChI=1S/C16H21BrFNO/c17-13-9-12(5-6-14(13)18)16(20)10-19-8-7-11-3-1-2-4-15(11)19/h5-6,9,11,15-16,20H,1-4,7-8,10H2. The van der Waals surface area contributed by atoms with Crippen molar-refractivity contribution in [3.63, 3.8) is 0 Å². The first-order valence-electron chi connectivity index (χ1n) is 7.52. The third kappa shape index (κ3) is 2.92. The Morgan fingerprint density at radius 3 is 2.90 bits per heavy atom. The average molecular weight is 342 g/mol. The predicted molar refractivity (Wildman–Crippen MR) is 81.0 cm³/mol. The number of hydrogen-bond acceptors (Lipinski definition) is 2. The van der Waals surface area contributed by atoms with Crippen LogP contribution in [0, 0.1) is 11.7 Å². The number of aliphatic hydroxyl groups excluding tert-OH is 1. The molecule has 1 N–H and O–H groups in total.